The maximum Gasteiger partial charge on any atom is 0.225 e. The minimum Gasteiger partial charge on any atom is -0.396 e. The van der Waals surface area contributed by atoms with Gasteiger partial charge in [-0.15, -0.1) is 0 Å². The van der Waals surface area contributed by atoms with Gasteiger partial charge in [0.15, 0.2) is 0 Å². The van der Waals surface area contributed by atoms with Crippen LogP contribution in [0.3, 0.4) is 0 Å². The van der Waals surface area contributed by atoms with Crippen LogP contribution in [0, 0.1) is 11.8 Å². The SMILES string of the molecule is CC(C)C(=O)N1CC(CCO)CC(NC2CCCCC2)C1. The number of hydrogen-bond acceptors (Lipinski definition) is 3. The number of hydrogen-bond donors (Lipinski definition) is 2. The summed E-state index contributed by atoms with van der Waals surface area (Å²) < 4.78 is 0. The Kier molecular flexibility index (Phi) is 6.49. The molecular formula is C17H32N2O2. The summed E-state index contributed by atoms with van der Waals surface area (Å²) in [5.41, 5.74) is 0. The molecule has 1 aliphatic heterocycles. The first-order valence-electron chi connectivity index (χ1n) is 8.75. The summed E-state index contributed by atoms with van der Waals surface area (Å²) in [6, 6.07) is 1.04. The molecule has 2 aliphatic rings. The highest BCUT2D eigenvalue weighted by molar-refractivity contribution is 5.78. The molecule has 21 heavy (non-hydrogen) atoms. The summed E-state index contributed by atoms with van der Waals surface area (Å²) in [6.07, 6.45) is 8.49. The van der Waals surface area contributed by atoms with Crippen LogP contribution in [0.4, 0.5) is 0 Å². The van der Waals surface area contributed by atoms with Crippen molar-refractivity contribution < 1.29 is 9.90 Å². The average molecular weight is 296 g/mol. The molecule has 1 saturated carbocycles. The molecule has 4 nitrogen and oxygen atoms in total. The number of nitrogens with zero attached hydrogens (tertiary/aromatic N) is 1. The van der Waals surface area contributed by atoms with Crippen LogP contribution in [-0.2, 0) is 4.79 Å². The fourth-order valence-corrected chi connectivity index (χ4v) is 3.86. The van der Waals surface area contributed by atoms with Crippen LogP contribution < -0.4 is 5.32 Å². The van der Waals surface area contributed by atoms with Gasteiger partial charge in [-0.2, -0.15) is 0 Å². The van der Waals surface area contributed by atoms with Gasteiger partial charge in [0.25, 0.3) is 0 Å². The predicted octanol–water partition coefficient (Wildman–Crippen LogP) is 2.16. The van der Waals surface area contributed by atoms with E-state index in [1.54, 1.807) is 0 Å². The van der Waals surface area contributed by atoms with Gasteiger partial charge in [0.2, 0.25) is 5.91 Å². The number of nitrogens with one attached hydrogen (secondary N) is 1. The van der Waals surface area contributed by atoms with E-state index >= 15 is 0 Å². The van der Waals surface area contributed by atoms with Crippen molar-refractivity contribution in [2.45, 2.75) is 70.9 Å². The van der Waals surface area contributed by atoms with Crippen molar-refractivity contribution in [2.24, 2.45) is 11.8 Å². The summed E-state index contributed by atoms with van der Waals surface area (Å²) in [4.78, 5) is 14.3. The van der Waals surface area contributed by atoms with Crippen molar-refractivity contribution in [3.63, 3.8) is 0 Å². The molecule has 2 N–H and O–H groups in total. The first-order chi connectivity index (χ1) is 10.1. The van der Waals surface area contributed by atoms with E-state index in [-0.39, 0.29) is 18.4 Å². The zero-order valence-corrected chi connectivity index (χ0v) is 13.7. The number of piperidine rings is 1. The molecule has 1 amide bonds. The third kappa shape index (κ3) is 4.96. The van der Waals surface area contributed by atoms with Crippen LogP contribution >= 0.6 is 0 Å². The van der Waals surface area contributed by atoms with Crippen molar-refractivity contribution in [2.75, 3.05) is 19.7 Å². The smallest absolute Gasteiger partial charge is 0.225 e. The minimum atomic E-state index is 0.0632. The first kappa shape index (κ1) is 16.8. The summed E-state index contributed by atoms with van der Waals surface area (Å²) in [5, 5.41) is 13.0. The quantitative estimate of drug-likeness (QED) is 0.817. The number of rotatable bonds is 5. The molecule has 2 atom stereocenters. The van der Waals surface area contributed by atoms with E-state index in [0.29, 0.717) is 18.0 Å². The lowest BCUT2D eigenvalue weighted by Crippen LogP contribution is -2.54. The minimum absolute atomic E-state index is 0.0632. The second kappa shape index (κ2) is 8.14. The van der Waals surface area contributed by atoms with Crippen LogP contribution in [0.15, 0.2) is 0 Å². The normalized spacial score (nSPS) is 28.1. The fourth-order valence-electron chi connectivity index (χ4n) is 3.86. The van der Waals surface area contributed by atoms with E-state index in [9.17, 15) is 9.90 Å². The number of aliphatic hydroxyl groups excluding tert-OH is 1. The van der Waals surface area contributed by atoms with Gasteiger partial charge in [0.1, 0.15) is 0 Å². The van der Waals surface area contributed by atoms with Crippen molar-refractivity contribution >= 4 is 5.91 Å². The Balaban J connectivity index is 1.93. The molecule has 2 rings (SSSR count). The molecule has 1 saturated heterocycles. The van der Waals surface area contributed by atoms with Crippen molar-refractivity contribution in [1.82, 2.24) is 10.2 Å². The van der Waals surface area contributed by atoms with Crippen LogP contribution in [0.2, 0.25) is 0 Å². The molecule has 1 heterocycles. The van der Waals surface area contributed by atoms with Crippen LogP contribution in [-0.4, -0.2) is 47.7 Å². The van der Waals surface area contributed by atoms with E-state index in [2.05, 4.69) is 5.32 Å². The second-order valence-corrected chi connectivity index (χ2v) is 7.21. The predicted molar refractivity (Wildman–Crippen MR) is 85.0 cm³/mol. The topological polar surface area (TPSA) is 52.6 Å². The highest BCUT2D eigenvalue weighted by atomic mass is 16.3. The molecule has 0 bridgehead atoms. The number of aliphatic hydroxyl groups is 1. The Morgan fingerprint density at radius 3 is 2.52 bits per heavy atom. The van der Waals surface area contributed by atoms with Crippen LogP contribution in [0.25, 0.3) is 0 Å². The largest absolute Gasteiger partial charge is 0.396 e. The van der Waals surface area contributed by atoms with Crippen LogP contribution in [0.1, 0.15) is 58.8 Å². The maximum absolute atomic E-state index is 12.3. The van der Waals surface area contributed by atoms with E-state index < -0.39 is 0 Å². The Bertz CT molecular complexity index is 327. The van der Waals surface area contributed by atoms with Gasteiger partial charge in [0, 0.05) is 37.7 Å². The number of carbonyl (C=O) groups excluding carboxylic acids is 1. The van der Waals surface area contributed by atoms with Crippen molar-refractivity contribution in [3.05, 3.63) is 0 Å². The molecule has 122 valence electrons. The van der Waals surface area contributed by atoms with E-state index in [1.807, 2.05) is 18.7 Å². The summed E-state index contributed by atoms with van der Waals surface area (Å²) in [7, 11) is 0. The molecule has 0 spiro atoms. The number of amides is 1. The number of carbonyl (C=O) groups is 1. The molecular weight excluding hydrogens is 264 g/mol. The molecule has 4 heteroatoms. The monoisotopic (exact) mass is 296 g/mol. The van der Waals surface area contributed by atoms with Gasteiger partial charge in [-0.3, -0.25) is 4.79 Å². The van der Waals surface area contributed by atoms with E-state index in [1.165, 1.54) is 32.1 Å². The summed E-state index contributed by atoms with van der Waals surface area (Å²) in [5.74, 6) is 0.758. The summed E-state index contributed by atoms with van der Waals surface area (Å²) in [6.45, 7) is 5.84. The lowest BCUT2D eigenvalue weighted by molar-refractivity contribution is -0.137. The third-order valence-corrected chi connectivity index (χ3v) is 4.96. The Hall–Kier alpha value is -0.610. The fraction of sp³-hybridized carbons (Fsp3) is 0.941. The van der Waals surface area contributed by atoms with Gasteiger partial charge in [-0.25, -0.2) is 0 Å². The van der Waals surface area contributed by atoms with Gasteiger partial charge in [-0.05, 0) is 31.6 Å². The van der Waals surface area contributed by atoms with Crippen molar-refractivity contribution in [3.8, 4) is 0 Å². The molecule has 2 fully saturated rings. The molecule has 1 aliphatic carbocycles. The lowest BCUT2D eigenvalue weighted by atomic mass is 9.89. The van der Waals surface area contributed by atoms with Gasteiger partial charge >= 0.3 is 0 Å². The molecule has 0 aromatic heterocycles. The first-order valence-corrected chi connectivity index (χ1v) is 8.75. The zero-order chi connectivity index (χ0) is 15.2. The standard InChI is InChI=1S/C17H32N2O2/c1-13(2)17(21)19-11-14(8-9-20)10-16(12-19)18-15-6-4-3-5-7-15/h13-16,18,20H,3-12H2,1-2H3. The Labute approximate surface area is 129 Å². The highest BCUT2D eigenvalue weighted by Crippen LogP contribution is 2.24. The van der Waals surface area contributed by atoms with Gasteiger partial charge < -0.3 is 15.3 Å². The molecule has 0 aromatic rings. The van der Waals surface area contributed by atoms with Crippen LogP contribution in [0.5, 0.6) is 0 Å². The second-order valence-electron chi connectivity index (χ2n) is 7.21. The molecule has 0 aromatic carbocycles. The molecule has 2 unspecified atom stereocenters. The van der Waals surface area contributed by atoms with Gasteiger partial charge in [-0.1, -0.05) is 33.1 Å². The Morgan fingerprint density at radius 1 is 1.19 bits per heavy atom. The average Bonchev–Trinajstić information content (AvgIpc) is 2.47. The van der Waals surface area contributed by atoms with E-state index in [0.717, 1.165) is 25.9 Å². The van der Waals surface area contributed by atoms with E-state index in [4.69, 9.17) is 0 Å². The van der Waals surface area contributed by atoms with Gasteiger partial charge in [0.05, 0.1) is 0 Å². The third-order valence-electron chi connectivity index (χ3n) is 4.96. The zero-order valence-electron chi connectivity index (χ0n) is 13.7. The summed E-state index contributed by atoms with van der Waals surface area (Å²) >= 11 is 0. The number of likely N-dealkylation sites (tertiary alicyclic amines) is 1. The van der Waals surface area contributed by atoms with Crippen molar-refractivity contribution in [1.29, 1.82) is 0 Å². The highest BCUT2D eigenvalue weighted by Gasteiger charge is 2.31. The lowest BCUT2D eigenvalue weighted by Gasteiger charge is -2.41. The Morgan fingerprint density at radius 2 is 1.90 bits per heavy atom. The maximum atomic E-state index is 12.3. The molecule has 0 radical (unpaired) electrons.